The summed E-state index contributed by atoms with van der Waals surface area (Å²) in [7, 11) is 0. The molecule has 0 aliphatic carbocycles. The van der Waals surface area contributed by atoms with E-state index in [1.807, 2.05) is 23.2 Å². The van der Waals surface area contributed by atoms with E-state index in [0.29, 0.717) is 12.5 Å². The second-order valence-electron chi connectivity index (χ2n) is 8.73. The van der Waals surface area contributed by atoms with Crippen LogP contribution in [0.15, 0.2) is 48.0 Å². The number of para-hydroxylation sites is 1. The molecule has 1 aromatic carbocycles. The third kappa shape index (κ3) is 6.70. The van der Waals surface area contributed by atoms with Gasteiger partial charge >= 0.3 is 0 Å². The summed E-state index contributed by atoms with van der Waals surface area (Å²) in [5, 5.41) is 6.94. The second-order valence-corrected chi connectivity index (χ2v) is 8.73. The Morgan fingerprint density at radius 1 is 1.27 bits per heavy atom. The van der Waals surface area contributed by atoms with Gasteiger partial charge in [0, 0.05) is 38.0 Å². The van der Waals surface area contributed by atoms with E-state index in [-0.39, 0.29) is 35.5 Å². The number of hydrogen-bond donors (Lipinski definition) is 2. The lowest BCUT2D eigenvalue weighted by Crippen LogP contribution is -2.47. The van der Waals surface area contributed by atoms with Gasteiger partial charge in [0.15, 0.2) is 5.96 Å². The van der Waals surface area contributed by atoms with Crippen molar-refractivity contribution in [3.63, 3.8) is 0 Å². The summed E-state index contributed by atoms with van der Waals surface area (Å²) >= 11 is 0. The first-order valence-corrected chi connectivity index (χ1v) is 10.7. The monoisotopic (exact) mass is 525 g/mol. The number of aliphatic imine (C=N–C) groups is 1. The molecule has 2 unspecified atom stereocenters. The number of ether oxygens (including phenoxy) is 1. The maximum atomic E-state index is 6.12. The lowest BCUT2D eigenvalue weighted by atomic mass is 9.78. The van der Waals surface area contributed by atoms with Crippen LogP contribution in [0.25, 0.3) is 5.69 Å². The fraction of sp³-hybridized carbons (Fsp3) is 0.565. The summed E-state index contributed by atoms with van der Waals surface area (Å²) in [6, 6.07) is 8.31. The largest absolute Gasteiger partial charge is 0.377 e. The van der Waals surface area contributed by atoms with Gasteiger partial charge in [-0.15, -0.1) is 24.0 Å². The molecular formula is C23H36IN5O. The quantitative estimate of drug-likeness (QED) is 0.334. The summed E-state index contributed by atoms with van der Waals surface area (Å²) in [5.74, 6) is 1.34. The van der Waals surface area contributed by atoms with Crippen molar-refractivity contribution in [1.82, 2.24) is 20.2 Å². The predicted molar refractivity (Wildman–Crippen MR) is 134 cm³/mol. The molecule has 0 radical (unpaired) electrons. The van der Waals surface area contributed by atoms with Crippen LogP contribution in [0.1, 0.15) is 46.1 Å². The van der Waals surface area contributed by atoms with Gasteiger partial charge < -0.3 is 19.9 Å². The van der Waals surface area contributed by atoms with Gasteiger partial charge in [-0.05, 0) is 36.8 Å². The zero-order chi connectivity index (χ0) is 20.7. The molecule has 1 aliphatic rings. The Balaban J connectivity index is 0.00000320. The Morgan fingerprint density at radius 3 is 2.77 bits per heavy atom. The third-order valence-electron chi connectivity index (χ3n) is 5.36. The molecule has 2 heterocycles. The Bertz CT molecular complexity index is 785. The molecule has 1 aliphatic heterocycles. The van der Waals surface area contributed by atoms with Gasteiger partial charge in [0.1, 0.15) is 0 Å². The highest BCUT2D eigenvalue weighted by Crippen LogP contribution is 2.33. The second kappa shape index (κ2) is 11.7. The van der Waals surface area contributed by atoms with Gasteiger partial charge in [0.25, 0.3) is 0 Å². The zero-order valence-corrected chi connectivity index (χ0v) is 20.9. The average Bonchev–Trinajstić information content (AvgIpc) is 3.24. The maximum absolute atomic E-state index is 6.12. The molecule has 6 nitrogen and oxygen atoms in total. The third-order valence-corrected chi connectivity index (χ3v) is 5.36. The first-order chi connectivity index (χ1) is 14.0. The van der Waals surface area contributed by atoms with E-state index in [2.05, 4.69) is 61.5 Å². The van der Waals surface area contributed by atoms with Gasteiger partial charge in [-0.2, -0.15) is 0 Å². The lowest BCUT2D eigenvalue weighted by molar-refractivity contribution is -0.0835. The highest BCUT2D eigenvalue weighted by atomic mass is 127. The van der Waals surface area contributed by atoms with E-state index in [1.165, 1.54) is 6.42 Å². The number of nitrogens with zero attached hydrogens (tertiary/aromatic N) is 3. The van der Waals surface area contributed by atoms with Gasteiger partial charge in [-0.3, -0.25) is 0 Å². The van der Waals surface area contributed by atoms with Crippen molar-refractivity contribution < 1.29 is 4.74 Å². The number of nitrogens with one attached hydrogen (secondary N) is 2. The van der Waals surface area contributed by atoms with Crippen molar-refractivity contribution in [2.75, 3.05) is 19.7 Å². The number of rotatable bonds is 6. The van der Waals surface area contributed by atoms with E-state index in [1.54, 1.807) is 6.20 Å². The highest BCUT2D eigenvalue weighted by Gasteiger charge is 2.35. The summed E-state index contributed by atoms with van der Waals surface area (Å²) in [5.41, 5.74) is 2.42. The molecule has 0 bridgehead atoms. The first-order valence-electron chi connectivity index (χ1n) is 10.7. The maximum Gasteiger partial charge on any atom is 0.191 e. The predicted octanol–water partition coefficient (Wildman–Crippen LogP) is 4.39. The minimum absolute atomic E-state index is 0. The number of imidazole rings is 1. The van der Waals surface area contributed by atoms with Gasteiger partial charge in [0.05, 0.1) is 24.7 Å². The number of guanidine groups is 1. The van der Waals surface area contributed by atoms with Gasteiger partial charge in [-0.25, -0.2) is 9.98 Å². The standard InChI is InChI=1S/C23H35N5O.HI/c1-5-25-22(27-16-19-10-8-14-29-21(19)23(2,3)4)26-15-18-9-6-7-11-20(18)28-13-12-24-17-28;/h6-7,9,11-13,17,19,21H,5,8,10,14-16H2,1-4H3,(H2,25,26,27);1H. The molecule has 2 aromatic rings. The van der Waals surface area contributed by atoms with E-state index in [4.69, 9.17) is 9.73 Å². The van der Waals surface area contributed by atoms with E-state index in [9.17, 15) is 0 Å². The molecule has 0 spiro atoms. The summed E-state index contributed by atoms with van der Waals surface area (Å²) in [6.07, 6.45) is 8.17. The molecule has 30 heavy (non-hydrogen) atoms. The Labute approximate surface area is 197 Å². The normalized spacial score (nSPS) is 19.8. The van der Waals surface area contributed by atoms with Crippen LogP contribution in [0.2, 0.25) is 0 Å². The minimum atomic E-state index is 0. The van der Waals surface area contributed by atoms with Crippen LogP contribution in [-0.2, 0) is 11.3 Å². The van der Waals surface area contributed by atoms with Crippen LogP contribution in [-0.4, -0.2) is 41.3 Å². The molecule has 0 saturated carbocycles. The molecule has 166 valence electrons. The zero-order valence-electron chi connectivity index (χ0n) is 18.6. The number of halogens is 1. The highest BCUT2D eigenvalue weighted by molar-refractivity contribution is 14.0. The molecule has 7 heteroatoms. The molecule has 0 amide bonds. The Morgan fingerprint density at radius 2 is 2.07 bits per heavy atom. The van der Waals surface area contributed by atoms with E-state index in [0.717, 1.165) is 43.3 Å². The van der Waals surface area contributed by atoms with Crippen molar-refractivity contribution >= 4 is 29.9 Å². The van der Waals surface area contributed by atoms with Crippen LogP contribution in [0, 0.1) is 11.3 Å². The van der Waals surface area contributed by atoms with Gasteiger partial charge in [-0.1, -0.05) is 39.0 Å². The summed E-state index contributed by atoms with van der Waals surface area (Å²) in [4.78, 5) is 9.01. The topological polar surface area (TPSA) is 63.5 Å². The van der Waals surface area contributed by atoms with Crippen molar-refractivity contribution in [2.24, 2.45) is 16.3 Å². The Kier molecular flexibility index (Phi) is 9.61. The summed E-state index contributed by atoms with van der Waals surface area (Å²) in [6.45, 7) is 12.1. The molecule has 1 fully saturated rings. The van der Waals surface area contributed by atoms with Crippen LogP contribution in [0.4, 0.5) is 0 Å². The Hall–Kier alpha value is -1.61. The van der Waals surface area contributed by atoms with E-state index < -0.39 is 0 Å². The van der Waals surface area contributed by atoms with Crippen molar-refractivity contribution in [3.05, 3.63) is 48.5 Å². The number of hydrogen-bond acceptors (Lipinski definition) is 3. The van der Waals surface area contributed by atoms with Crippen LogP contribution < -0.4 is 10.6 Å². The first kappa shape index (κ1) is 24.7. The SMILES string of the molecule is CCNC(=NCc1ccccc1-n1ccnc1)NCC1CCCOC1C(C)(C)C.I. The smallest absolute Gasteiger partial charge is 0.191 e. The molecular weight excluding hydrogens is 489 g/mol. The molecule has 1 aromatic heterocycles. The van der Waals surface area contributed by atoms with E-state index >= 15 is 0 Å². The lowest BCUT2D eigenvalue weighted by Gasteiger charge is -2.40. The van der Waals surface area contributed by atoms with Crippen LogP contribution in [0.3, 0.4) is 0 Å². The van der Waals surface area contributed by atoms with Crippen LogP contribution in [0.5, 0.6) is 0 Å². The fourth-order valence-electron chi connectivity index (χ4n) is 4.04. The van der Waals surface area contributed by atoms with Gasteiger partial charge in [0.2, 0.25) is 0 Å². The molecule has 3 rings (SSSR count). The van der Waals surface area contributed by atoms with Crippen molar-refractivity contribution in [2.45, 2.75) is 53.2 Å². The summed E-state index contributed by atoms with van der Waals surface area (Å²) < 4.78 is 8.15. The van der Waals surface area contributed by atoms with Crippen molar-refractivity contribution in [3.8, 4) is 5.69 Å². The fourth-order valence-corrected chi connectivity index (χ4v) is 4.04. The minimum Gasteiger partial charge on any atom is -0.377 e. The average molecular weight is 525 g/mol. The van der Waals surface area contributed by atoms with Crippen LogP contribution >= 0.6 is 24.0 Å². The number of aromatic nitrogens is 2. The van der Waals surface area contributed by atoms with Crippen molar-refractivity contribution in [1.29, 1.82) is 0 Å². The molecule has 1 saturated heterocycles. The molecule has 2 N–H and O–H groups in total. The molecule has 2 atom stereocenters. The number of benzene rings is 1.